The summed E-state index contributed by atoms with van der Waals surface area (Å²) in [5.74, 6) is -0.124. The van der Waals surface area contributed by atoms with Crippen molar-refractivity contribution >= 4 is 0 Å². The van der Waals surface area contributed by atoms with Gasteiger partial charge in [0.1, 0.15) is 5.82 Å². The quantitative estimate of drug-likeness (QED) is 0.891. The highest BCUT2D eigenvalue weighted by molar-refractivity contribution is 5.33. The lowest BCUT2D eigenvalue weighted by Gasteiger charge is -2.46. The fourth-order valence-corrected chi connectivity index (χ4v) is 2.97. The lowest BCUT2D eigenvalue weighted by Crippen LogP contribution is -2.57. The maximum absolute atomic E-state index is 13.4. The first kappa shape index (κ1) is 13.0. The molecule has 3 nitrogen and oxygen atoms in total. The van der Waals surface area contributed by atoms with Crippen LogP contribution in [0.25, 0.3) is 0 Å². The molecular formula is C15H21FN2O. The fourth-order valence-electron chi connectivity index (χ4n) is 2.97. The highest BCUT2D eigenvalue weighted by Crippen LogP contribution is 2.34. The van der Waals surface area contributed by atoms with Gasteiger partial charge in [-0.2, -0.15) is 0 Å². The SMILES string of the molecule is Cc1cc(C2(CN3CCNCC3)COC2)ccc1F. The van der Waals surface area contributed by atoms with Crippen molar-refractivity contribution in [2.24, 2.45) is 0 Å². The van der Waals surface area contributed by atoms with Crippen molar-refractivity contribution in [3.8, 4) is 0 Å². The van der Waals surface area contributed by atoms with E-state index in [1.807, 2.05) is 19.1 Å². The number of ether oxygens (including phenoxy) is 1. The molecule has 4 heteroatoms. The highest BCUT2D eigenvalue weighted by atomic mass is 19.1. The third kappa shape index (κ3) is 2.53. The molecule has 0 bridgehead atoms. The minimum atomic E-state index is -0.124. The highest BCUT2D eigenvalue weighted by Gasteiger charge is 2.42. The second-order valence-corrected chi connectivity index (χ2v) is 5.76. The molecule has 0 atom stereocenters. The lowest BCUT2D eigenvalue weighted by molar-refractivity contribution is -0.0756. The average Bonchev–Trinajstić information content (AvgIpc) is 2.38. The Morgan fingerprint density at radius 1 is 1.32 bits per heavy atom. The summed E-state index contributed by atoms with van der Waals surface area (Å²) >= 11 is 0. The number of piperazine rings is 1. The molecule has 104 valence electrons. The molecule has 0 radical (unpaired) electrons. The van der Waals surface area contributed by atoms with Crippen molar-refractivity contribution in [3.63, 3.8) is 0 Å². The third-order valence-electron chi connectivity index (χ3n) is 4.26. The summed E-state index contributed by atoms with van der Waals surface area (Å²) in [5, 5.41) is 3.37. The van der Waals surface area contributed by atoms with Gasteiger partial charge in [0.25, 0.3) is 0 Å². The molecule has 1 N–H and O–H groups in total. The third-order valence-corrected chi connectivity index (χ3v) is 4.26. The van der Waals surface area contributed by atoms with Gasteiger partial charge in [-0.25, -0.2) is 4.39 Å². The van der Waals surface area contributed by atoms with E-state index in [1.54, 1.807) is 6.07 Å². The Hall–Kier alpha value is -0.970. The predicted octanol–water partition coefficient (Wildman–Crippen LogP) is 1.31. The van der Waals surface area contributed by atoms with Crippen LogP contribution in [0, 0.1) is 12.7 Å². The van der Waals surface area contributed by atoms with Gasteiger partial charge >= 0.3 is 0 Å². The van der Waals surface area contributed by atoms with Crippen LogP contribution in [0.5, 0.6) is 0 Å². The maximum atomic E-state index is 13.4. The summed E-state index contributed by atoms with van der Waals surface area (Å²) in [6, 6.07) is 5.50. The number of benzene rings is 1. The molecule has 0 unspecified atom stereocenters. The van der Waals surface area contributed by atoms with Gasteiger partial charge in [0, 0.05) is 32.7 Å². The molecule has 3 rings (SSSR count). The number of hydrogen-bond donors (Lipinski definition) is 1. The van der Waals surface area contributed by atoms with Gasteiger partial charge in [0.2, 0.25) is 0 Å². The predicted molar refractivity (Wildman–Crippen MR) is 72.9 cm³/mol. The first-order valence-electron chi connectivity index (χ1n) is 6.97. The average molecular weight is 264 g/mol. The molecule has 2 heterocycles. The Kier molecular flexibility index (Phi) is 3.56. The maximum Gasteiger partial charge on any atom is 0.126 e. The van der Waals surface area contributed by atoms with Gasteiger partial charge < -0.3 is 10.1 Å². The number of halogens is 1. The molecule has 1 aromatic carbocycles. The fraction of sp³-hybridized carbons (Fsp3) is 0.600. The van der Waals surface area contributed by atoms with Crippen molar-refractivity contribution in [1.82, 2.24) is 10.2 Å². The molecule has 2 aliphatic heterocycles. The topological polar surface area (TPSA) is 24.5 Å². The Labute approximate surface area is 113 Å². The van der Waals surface area contributed by atoms with Gasteiger partial charge in [0.15, 0.2) is 0 Å². The van der Waals surface area contributed by atoms with Gasteiger partial charge in [0.05, 0.1) is 18.6 Å². The summed E-state index contributed by atoms with van der Waals surface area (Å²) in [6.45, 7) is 8.63. The van der Waals surface area contributed by atoms with E-state index in [9.17, 15) is 4.39 Å². The van der Waals surface area contributed by atoms with Crippen LogP contribution >= 0.6 is 0 Å². The first-order chi connectivity index (χ1) is 9.20. The molecule has 0 amide bonds. The van der Waals surface area contributed by atoms with Crippen molar-refractivity contribution in [1.29, 1.82) is 0 Å². The van der Waals surface area contributed by atoms with Crippen LogP contribution in [0.4, 0.5) is 4.39 Å². The van der Waals surface area contributed by atoms with Gasteiger partial charge in [-0.05, 0) is 24.1 Å². The zero-order chi connectivity index (χ0) is 13.3. The smallest absolute Gasteiger partial charge is 0.126 e. The van der Waals surface area contributed by atoms with E-state index in [2.05, 4.69) is 10.2 Å². The van der Waals surface area contributed by atoms with E-state index < -0.39 is 0 Å². The monoisotopic (exact) mass is 264 g/mol. The zero-order valence-electron chi connectivity index (χ0n) is 11.4. The summed E-state index contributed by atoms with van der Waals surface area (Å²) in [6.07, 6.45) is 0. The molecule has 2 saturated heterocycles. The molecule has 0 aromatic heterocycles. The van der Waals surface area contributed by atoms with Crippen molar-refractivity contribution in [2.75, 3.05) is 45.9 Å². The van der Waals surface area contributed by atoms with E-state index >= 15 is 0 Å². The Balaban J connectivity index is 1.79. The summed E-state index contributed by atoms with van der Waals surface area (Å²) in [4.78, 5) is 2.48. The van der Waals surface area contributed by atoms with Crippen LogP contribution in [-0.2, 0) is 10.2 Å². The van der Waals surface area contributed by atoms with E-state index in [-0.39, 0.29) is 11.2 Å². The normalized spacial score (nSPS) is 23.1. The molecule has 0 aliphatic carbocycles. The molecule has 0 saturated carbocycles. The zero-order valence-corrected chi connectivity index (χ0v) is 11.4. The van der Waals surface area contributed by atoms with Gasteiger partial charge in [-0.1, -0.05) is 12.1 Å². The molecule has 2 fully saturated rings. The van der Waals surface area contributed by atoms with Gasteiger partial charge in [-0.3, -0.25) is 4.90 Å². The van der Waals surface area contributed by atoms with E-state index in [1.165, 1.54) is 5.56 Å². The number of nitrogens with one attached hydrogen (secondary N) is 1. The van der Waals surface area contributed by atoms with E-state index in [4.69, 9.17) is 4.74 Å². The van der Waals surface area contributed by atoms with Gasteiger partial charge in [-0.15, -0.1) is 0 Å². The second kappa shape index (κ2) is 5.19. The molecule has 2 aliphatic rings. The van der Waals surface area contributed by atoms with E-state index in [0.29, 0.717) is 0 Å². The first-order valence-corrected chi connectivity index (χ1v) is 6.97. The minimum absolute atomic E-state index is 0.0653. The van der Waals surface area contributed by atoms with Crippen LogP contribution < -0.4 is 5.32 Å². The number of rotatable bonds is 3. The molecule has 1 aromatic rings. The van der Waals surface area contributed by atoms with Crippen LogP contribution in [0.1, 0.15) is 11.1 Å². The van der Waals surface area contributed by atoms with Crippen molar-refractivity contribution in [3.05, 3.63) is 35.1 Å². The molecular weight excluding hydrogens is 243 g/mol. The Morgan fingerprint density at radius 3 is 2.63 bits per heavy atom. The lowest BCUT2D eigenvalue weighted by atomic mass is 9.77. The summed E-state index contributed by atoms with van der Waals surface area (Å²) in [5.41, 5.74) is 2.01. The minimum Gasteiger partial charge on any atom is -0.379 e. The Bertz CT molecular complexity index is 453. The summed E-state index contributed by atoms with van der Waals surface area (Å²) in [7, 11) is 0. The number of nitrogens with zero attached hydrogens (tertiary/aromatic N) is 1. The largest absolute Gasteiger partial charge is 0.379 e. The second-order valence-electron chi connectivity index (χ2n) is 5.76. The van der Waals surface area contributed by atoms with Crippen molar-refractivity contribution < 1.29 is 9.13 Å². The molecule has 19 heavy (non-hydrogen) atoms. The van der Waals surface area contributed by atoms with Crippen LogP contribution in [0.3, 0.4) is 0 Å². The summed E-state index contributed by atoms with van der Waals surface area (Å²) < 4.78 is 18.9. The standard InChI is InChI=1S/C15H21FN2O/c1-12-8-13(2-3-14(12)16)15(10-19-11-15)9-18-6-4-17-5-7-18/h2-3,8,17H,4-7,9-11H2,1H3. The Morgan fingerprint density at radius 2 is 2.05 bits per heavy atom. The van der Waals surface area contributed by atoms with Crippen LogP contribution in [0.2, 0.25) is 0 Å². The van der Waals surface area contributed by atoms with Crippen LogP contribution in [0.15, 0.2) is 18.2 Å². The number of hydrogen-bond acceptors (Lipinski definition) is 3. The van der Waals surface area contributed by atoms with Crippen molar-refractivity contribution in [2.45, 2.75) is 12.3 Å². The van der Waals surface area contributed by atoms with Crippen LogP contribution in [-0.4, -0.2) is 50.8 Å². The molecule has 0 spiro atoms. The number of aryl methyl sites for hydroxylation is 1. The van der Waals surface area contributed by atoms with E-state index in [0.717, 1.165) is 51.5 Å².